The van der Waals surface area contributed by atoms with E-state index in [2.05, 4.69) is 21.2 Å². The third-order valence-electron chi connectivity index (χ3n) is 2.81. The molecule has 3 N–H and O–H groups in total. The average molecular weight is 326 g/mol. The minimum Gasteiger partial charge on any atom is -0.444 e. The van der Waals surface area contributed by atoms with Crippen molar-refractivity contribution in [3.63, 3.8) is 0 Å². The Morgan fingerprint density at radius 1 is 1.47 bits per heavy atom. The summed E-state index contributed by atoms with van der Waals surface area (Å²) in [5.74, 6) is 0.0591. The second kappa shape index (κ2) is 7.03. The van der Waals surface area contributed by atoms with Crippen molar-refractivity contribution < 1.29 is 9.21 Å². The predicted molar refractivity (Wildman–Crippen MR) is 73.5 cm³/mol. The van der Waals surface area contributed by atoms with Crippen LogP contribution in [0.2, 0.25) is 0 Å². The van der Waals surface area contributed by atoms with Crippen LogP contribution in [-0.2, 0) is 0 Å². The number of furan rings is 1. The Balaban J connectivity index is 0.00000256. The molecule has 17 heavy (non-hydrogen) atoms. The molecular weight excluding hydrogens is 307 g/mol. The molecule has 0 aromatic carbocycles. The molecule has 1 rings (SSSR count). The molecule has 1 aromatic heterocycles. The van der Waals surface area contributed by atoms with Gasteiger partial charge in [0.25, 0.3) is 5.91 Å². The van der Waals surface area contributed by atoms with Crippen LogP contribution in [-0.4, -0.2) is 18.0 Å². The Bertz CT molecular complexity index is 364. The van der Waals surface area contributed by atoms with Gasteiger partial charge in [-0.05, 0) is 40.9 Å². The average Bonchev–Trinajstić information content (AvgIpc) is 2.72. The Kier molecular flexibility index (Phi) is 6.82. The van der Waals surface area contributed by atoms with Crippen molar-refractivity contribution >= 4 is 34.2 Å². The number of nitrogens with two attached hydrogens (primary N) is 1. The molecule has 98 valence electrons. The summed E-state index contributed by atoms with van der Waals surface area (Å²) >= 11 is 3.15. The van der Waals surface area contributed by atoms with Crippen molar-refractivity contribution in [1.82, 2.24) is 5.32 Å². The summed E-state index contributed by atoms with van der Waals surface area (Å²) in [6, 6.07) is 3.31. The molecule has 0 radical (unpaired) electrons. The van der Waals surface area contributed by atoms with Crippen LogP contribution in [0.1, 0.15) is 37.2 Å². The van der Waals surface area contributed by atoms with Crippen molar-refractivity contribution in [3.05, 3.63) is 22.6 Å². The summed E-state index contributed by atoms with van der Waals surface area (Å²) in [7, 11) is 0. The highest BCUT2D eigenvalue weighted by Gasteiger charge is 2.21. The molecule has 0 fully saturated rings. The van der Waals surface area contributed by atoms with Gasteiger partial charge < -0.3 is 15.5 Å². The van der Waals surface area contributed by atoms with Crippen molar-refractivity contribution in [2.45, 2.75) is 32.2 Å². The zero-order chi connectivity index (χ0) is 12.2. The minimum atomic E-state index is -0.334. The van der Waals surface area contributed by atoms with Crippen LogP contribution >= 0.6 is 28.3 Å². The first kappa shape index (κ1) is 16.5. The highest BCUT2D eigenvalue weighted by Crippen LogP contribution is 2.14. The molecular formula is C11H18BrClN2O2. The predicted octanol–water partition coefficient (Wildman–Crippen LogP) is 2.71. The van der Waals surface area contributed by atoms with Gasteiger partial charge in [0, 0.05) is 12.1 Å². The van der Waals surface area contributed by atoms with E-state index in [9.17, 15) is 4.79 Å². The number of amides is 1. The Morgan fingerprint density at radius 3 is 2.47 bits per heavy atom. The molecule has 0 saturated heterocycles. The molecule has 0 unspecified atom stereocenters. The van der Waals surface area contributed by atoms with Crippen molar-refractivity contribution in [1.29, 1.82) is 0 Å². The SMILES string of the molecule is CCC(N)(CC)CNC(=O)c1ccc(Br)o1.Cl. The first-order valence-electron chi connectivity index (χ1n) is 5.33. The molecule has 4 nitrogen and oxygen atoms in total. The maximum absolute atomic E-state index is 11.7. The number of carbonyl (C=O) groups is 1. The fraction of sp³-hybridized carbons (Fsp3) is 0.545. The lowest BCUT2D eigenvalue weighted by molar-refractivity contribution is 0.0913. The monoisotopic (exact) mass is 324 g/mol. The summed E-state index contributed by atoms with van der Waals surface area (Å²) in [6.45, 7) is 4.48. The normalized spacial score (nSPS) is 10.8. The Morgan fingerprint density at radius 2 is 2.06 bits per heavy atom. The zero-order valence-corrected chi connectivity index (χ0v) is 12.4. The van der Waals surface area contributed by atoms with Crippen LogP contribution < -0.4 is 11.1 Å². The number of halogens is 2. The smallest absolute Gasteiger partial charge is 0.287 e. The third kappa shape index (κ3) is 4.69. The van der Waals surface area contributed by atoms with Gasteiger partial charge in [0.2, 0.25) is 0 Å². The highest BCUT2D eigenvalue weighted by molar-refractivity contribution is 9.10. The largest absolute Gasteiger partial charge is 0.444 e. The molecule has 0 spiro atoms. The second-order valence-corrected chi connectivity index (χ2v) is 4.64. The molecule has 0 saturated carbocycles. The van der Waals surface area contributed by atoms with E-state index in [0.29, 0.717) is 17.0 Å². The van der Waals surface area contributed by atoms with E-state index in [0.717, 1.165) is 12.8 Å². The van der Waals surface area contributed by atoms with Crippen molar-refractivity contribution in [3.8, 4) is 0 Å². The van der Waals surface area contributed by atoms with Gasteiger partial charge in [-0.1, -0.05) is 13.8 Å². The number of carbonyl (C=O) groups excluding carboxylic acids is 1. The highest BCUT2D eigenvalue weighted by atomic mass is 79.9. The van der Waals surface area contributed by atoms with Crippen LogP contribution in [0.5, 0.6) is 0 Å². The molecule has 1 aromatic rings. The number of hydrogen-bond donors (Lipinski definition) is 2. The first-order valence-corrected chi connectivity index (χ1v) is 6.12. The minimum absolute atomic E-state index is 0. The lowest BCUT2D eigenvalue weighted by Crippen LogP contribution is -2.49. The Labute approximate surface area is 116 Å². The third-order valence-corrected chi connectivity index (χ3v) is 3.23. The van der Waals surface area contributed by atoms with Gasteiger partial charge in [0.15, 0.2) is 10.4 Å². The van der Waals surface area contributed by atoms with Crippen LogP contribution in [0.3, 0.4) is 0 Å². The van der Waals surface area contributed by atoms with E-state index < -0.39 is 0 Å². The summed E-state index contributed by atoms with van der Waals surface area (Å²) in [4.78, 5) is 11.7. The van der Waals surface area contributed by atoms with E-state index >= 15 is 0 Å². The number of rotatable bonds is 5. The summed E-state index contributed by atoms with van der Waals surface area (Å²) in [5.41, 5.74) is 5.74. The second-order valence-electron chi connectivity index (χ2n) is 3.86. The van der Waals surface area contributed by atoms with Crippen molar-refractivity contribution in [2.75, 3.05) is 6.54 Å². The molecule has 0 aliphatic heterocycles. The lowest BCUT2D eigenvalue weighted by Gasteiger charge is -2.26. The number of hydrogen-bond acceptors (Lipinski definition) is 3. The van der Waals surface area contributed by atoms with E-state index in [-0.39, 0.29) is 23.9 Å². The molecule has 0 aliphatic rings. The van der Waals surface area contributed by atoms with Gasteiger partial charge in [0.05, 0.1) is 0 Å². The van der Waals surface area contributed by atoms with Gasteiger partial charge in [0.1, 0.15) is 0 Å². The van der Waals surface area contributed by atoms with Gasteiger partial charge in [-0.3, -0.25) is 4.79 Å². The molecule has 1 amide bonds. The molecule has 0 bridgehead atoms. The summed E-state index contributed by atoms with van der Waals surface area (Å²) in [6.07, 6.45) is 1.65. The summed E-state index contributed by atoms with van der Waals surface area (Å²) in [5, 5.41) is 2.78. The van der Waals surface area contributed by atoms with E-state index in [1.165, 1.54) is 0 Å². The standard InChI is InChI=1S/C11H17BrN2O2.ClH/c1-3-11(13,4-2)7-14-10(15)8-5-6-9(12)16-8;/h5-6H,3-4,7,13H2,1-2H3,(H,14,15);1H. The van der Waals surface area contributed by atoms with Gasteiger partial charge in [-0.25, -0.2) is 0 Å². The van der Waals surface area contributed by atoms with E-state index in [1.54, 1.807) is 12.1 Å². The van der Waals surface area contributed by atoms with Crippen LogP contribution in [0.25, 0.3) is 0 Å². The molecule has 0 atom stereocenters. The zero-order valence-electron chi connectivity index (χ0n) is 9.96. The van der Waals surface area contributed by atoms with E-state index in [1.807, 2.05) is 13.8 Å². The van der Waals surface area contributed by atoms with Gasteiger partial charge in [-0.2, -0.15) is 0 Å². The van der Waals surface area contributed by atoms with Crippen LogP contribution in [0, 0.1) is 0 Å². The van der Waals surface area contributed by atoms with Crippen molar-refractivity contribution in [2.24, 2.45) is 5.73 Å². The molecule has 0 aliphatic carbocycles. The van der Waals surface area contributed by atoms with E-state index in [4.69, 9.17) is 10.2 Å². The van der Waals surface area contributed by atoms with Gasteiger partial charge in [-0.15, -0.1) is 12.4 Å². The maximum Gasteiger partial charge on any atom is 0.287 e. The Hall–Kier alpha value is -0.520. The lowest BCUT2D eigenvalue weighted by atomic mass is 9.94. The fourth-order valence-corrected chi connectivity index (χ4v) is 1.59. The quantitative estimate of drug-likeness (QED) is 0.874. The first-order chi connectivity index (χ1) is 7.50. The topological polar surface area (TPSA) is 68.3 Å². The fourth-order valence-electron chi connectivity index (χ4n) is 1.28. The number of nitrogens with one attached hydrogen (secondary N) is 1. The van der Waals surface area contributed by atoms with Crippen LogP contribution in [0.15, 0.2) is 21.2 Å². The van der Waals surface area contributed by atoms with Crippen LogP contribution in [0.4, 0.5) is 0 Å². The molecule has 6 heteroatoms. The summed E-state index contributed by atoms with van der Waals surface area (Å²) < 4.78 is 5.69. The van der Waals surface area contributed by atoms with Gasteiger partial charge >= 0.3 is 0 Å². The molecule has 1 heterocycles. The maximum atomic E-state index is 11.7.